The Morgan fingerprint density at radius 1 is 0.940 bits per heavy atom. The summed E-state index contributed by atoms with van der Waals surface area (Å²) in [4.78, 5) is 45.0. The molecule has 13 heteroatoms. The zero-order chi connectivity index (χ0) is 35.4. The van der Waals surface area contributed by atoms with E-state index in [1.165, 1.54) is 44.1 Å². The standard InChI is InChI=1S/C37H32N4O8S/c1-22-33(35(42)39-25-13-9-6-10-14-25)34(27-16-15-26(46-2)19-29(27)47-3)40-36(43)32(50-37(40)38-22)18-24-17-30(48-4)31(20-28(24)41(44)45)49-21-23-11-7-5-8-12-23/h5-20,34H,21H2,1-4H3,(H,39,42)/b32-18-/t34-/m0/s1. The second kappa shape index (κ2) is 14.5. The van der Waals surface area contributed by atoms with Crippen LogP contribution in [0.15, 0.2) is 112 Å². The summed E-state index contributed by atoms with van der Waals surface area (Å²) in [5, 5.41) is 15.2. The average molecular weight is 693 g/mol. The normalized spacial score (nSPS) is 14.0. The van der Waals surface area contributed by atoms with E-state index in [1.54, 1.807) is 49.4 Å². The van der Waals surface area contributed by atoms with Crippen LogP contribution in [0.2, 0.25) is 0 Å². The van der Waals surface area contributed by atoms with Crippen LogP contribution in [0.3, 0.4) is 0 Å². The van der Waals surface area contributed by atoms with Gasteiger partial charge in [0, 0.05) is 17.3 Å². The van der Waals surface area contributed by atoms with Gasteiger partial charge >= 0.3 is 0 Å². The van der Waals surface area contributed by atoms with Gasteiger partial charge in [0.2, 0.25) is 0 Å². The summed E-state index contributed by atoms with van der Waals surface area (Å²) in [7, 11) is 4.44. The van der Waals surface area contributed by atoms with E-state index in [1.807, 2.05) is 36.4 Å². The van der Waals surface area contributed by atoms with Gasteiger partial charge in [0.1, 0.15) is 24.1 Å². The molecule has 6 rings (SSSR count). The summed E-state index contributed by atoms with van der Waals surface area (Å²) in [5.74, 6) is 0.877. The van der Waals surface area contributed by atoms with Crippen molar-refractivity contribution in [3.8, 4) is 23.0 Å². The Hall–Kier alpha value is -6.21. The Bertz CT molecular complexity index is 2300. The van der Waals surface area contributed by atoms with Crippen molar-refractivity contribution in [1.29, 1.82) is 0 Å². The van der Waals surface area contributed by atoms with Crippen LogP contribution in [-0.2, 0) is 11.4 Å². The van der Waals surface area contributed by atoms with Crippen molar-refractivity contribution in [2.24, 2.45) is 4.99 Å². The van der Waals surface area contributed by atoms with Gasteiger partial charge in [-0.05, 0) is 48.9 Å². The van der Waals surface area contributed by atoms with Crippen molar-refractivity contribution in [2.45, 2.75) is 19.6 Å². The Morgan fingerprint density at radius 3 is 2.30 bits per heavy atom. The Morgan fingerprint density at radius 2 is 1.64 bits per heavy atom. The van der Waals surface area contributed by atoms with Gasteiger partial charge < -0.3 is 24.3 Å². The van der Waals surface area contributed by atoms with Crippen LogP contribution in [0.25, 0.3) is 6.08 Å². The highest BCUT2D eigenvalue weighted by Gasteiger charge is 2.34. The number of allylic oxidation sites excluding steroid dienone is 1. The van der Waals surface area contributed by atoms with Crippen LogP contribution >= 0.6 is 11.3 Å². The topological polar surface area (TPSA) is 144 Å². The maximum absolute atomic E-state index is 14.4. The van der Waals surface area contributed by atoms with Crippen molar-refractivity contribution >= 4 is 34.7 Å². The lowest BCUT2D eigenvalue weighted by molar-refractivity contribution is -0.385. The van der Waals surface area contributed by atoms with E-state index in [0.29, 0.717) is 33.2 Å². The van der Waals surface area contributed by atoms with E-state index in [4.69, 9.17) is 18.9 Å². The lowest BCUT2D eigenvalue weighted by atomic mass is 9.94. The first-order valence-corrected chi connectivity index (χ1v) is 16.2. The Balaban J connectivity index is 1.49. The molecule has 50 heavy (non-hydrogen) atoms. The highest BCUT2D eigenvalue weighted by Crippen LogP contribution is 2.38. The number of carbonyl (C=O) groups is 1. The first-order valence-electron chi connectivity index (χ1n) is 15.4. The predicted octanol–water partition coefficient (Wildman–Crippen LogP) is 5.39. The monoisotopic (exact) mass is 692 g/mol. The zero-order valence-corrected chi connectivity index (χ0v) is 28.4. The molecule has 12 nitrogen and oxygen atoms in total. The van der Waals surface area contributed by atoms with Crippen LogP contribution in [0.5, 0.6) is 23.0 Å². The number of nitro benzene ring substituents is 1. The molecule has 0 spiro atoms. The summed E-state index contributed by atoms with van der Waals surface area (Å²) < 4.78 is 24.1. The fourth-order valence-electron chi connectivity index (χ4n) is 5.66. The molecule has 254 valence electrons. The minimum Gasteiger partial charge on any atom is -0.497 e. The fourth-order valence-corrected chi connectivity index (χ4v) is 6.70. The summed E-state index contributed by atoms with van der Waals surface area (Å²) in [5.41, 5.74) is 1.90. The molecule has 1 amide bonds. The van der Waals surface area contributed by atoms with Crippen molar-refractivity contribution in [3.05, 3.63) is 149 Å². The molecule has 5 aromatic rings. The number of carbonyl (C=O) groups excluding carboxylic acids is 1. The van der Waals surface area contributed by atoms with Gasteiger partial charge in [0.15, 0.2) is 16.3 Å². The molecule has 0 bridgehead atoms. The highest BCUT2D eigenvalue weighted by molar-refractivity contribution is 7.07. The highest BCUT2D eigenvalue weighted by atomic mass is 32.1. The zero-order valence-electron chi connectivity index (χ0n) is 27.5. The molecule has 0 saturated heterocycles. The number of thiazole rings is 1. The van der Waals surface area contributed by atoms with Crippen molar-refractivity contribution in [2.75, 3.05) is 26.6 Å². The number of hydrogen-bond acceptors (Lipinski definition) is 10. The lowest BCUT2D eigenvalue weighted by Gasteiger charge is -2.26. The molecule has 1 aliphatic rings. The number of methoxy groups -OCH3 is 3. The number of fused-ring (bicyclic) bond motifs is 1. The molecule has 0 unspecified atom stereocenters. The van der Waals surface area contributed by atoms with Crippen LogP contribution in [0.4, 0.5) is 11.4 Å². The van der Waals surface area contributed by atoms with E-state index in [9.17, 15) is 19.7 Å². The number of hydrogen-bond donors (Lipinski definition) is 1. The summed E-state index contributed by atoms with van der Waals surface area (Å²) in [6, 6.07) is 25.2. The summed E-state index contributed by atoms with van der Waals surface area (Å²) in [6.07, 6.45) is 1.43. The Kier molecular flexibility index (Phi) is 9.77. The number of nitro groups is 1. The molecular weight excluding hydrogens is 660 g/mol. The molecule has 0 radical (unpaired) electrons. The fraction of sp³-hybridized carbons (Fsp3) is 0.162. The third kappa shape index (κ3) is 6.71. The molecule has 1 aliphatic heterocycles. The van der Waals surface area contributed by atoms with Crippen molar-refractivity contribution in [1.82, 2.24) is 4.57 Å². The van der Waals surface area contributed by atoms with Gasteiger partial charge in [-0.3, -0.25) is 24.3 Å². The van der Waals surface area contributed by atoms with E-state index in [0.717, 1.165) is 16.9 Å². The number of aromatic nitrogens is 1. The number of amides is 1. The molecule has 4 aromatic carbocycles. The van der Waals surface area contributed by atoms with E-state index >= 15 is 0 Å². The molecule has 0 fully saturated rings. The number of para-hydroxylation sites is 1. The quantitative estimate of drug-likeness (QED) is 0.144. The molecule has 0 aliphatic carbocycles. The Labute approximate surface area is 290 Å². The molecular formula is C37H32N4O8S. The molecule has 0 saturated carbocycles. The number of anilines is 1. The molecule has 1 atom stereocenters. The smallest absolute Gasteiger partial charge is 0.280 e. The number of ether oxygens (including phenoxy) is 4. The van der Waals surface area contributed by atoms with Gasteiger partial charge in [-0.2, -0.15) is 0 Å². The maximum Gasteiger partial charge on any atom is 0.280 e. The number of benzene rings is 4. The van der Waals surface area contributed by atoms with E-state index < -0.39 is 22.4 Å². The van der Waals surface area contributed by atoms with E-state index in [2.05, 4.69) is 10.3 Å². The van der Waals surface area contributed by atoms with Crippen LogP contribution < -0.4 is 39.2 Å². The minimum atomic E-state index is -0.962. The lowest BCUT2D eigenvalue weighted by Crippen LogP contribution is -2.40. The largest absolute Gasteiger partial charge is 0.497 e. The van der Waals surface area contributed by atoms with Crippen LogP contribution in [0.1, 0.15) is 29.7 Å². The first kappa shape index (κ1) is 33.7. The van der Waals surface area contributed by atoms with Gasteiger partial charge in [-0.25, -0.2) is 4.99 Å². The van der Waals surface area contributed by atoms with Gasteiger partial charge in [-0.15, -0.1) is 0 Å². The number of rotatable bonds is 11. The van der Waals surface area contributed by atoms with Crippen LogP contribution in [-0.4, -0.2) is 36.7 Å². The second-order valence-electron chi connectivity index (χ2n) is 11.1. The molecule has 1 aromatic heterocycles. The third-order valence-corrected chi connectivity index (χ3v) is 9.05. The van der Waals surface area contributed by atoms with Gasteiger partial charge in [0.25, 0.3) is 17.2 Å². The number of nitrogens with zero attached hydrogens (tertiary/aromatic N) is 3. The van der Waals surface area contributed by atoms with Crippen molar-refractivity contribution in [3.63, 3.8) is 0 Å². The maximum atomic E-state index is 14.4. The third-order valence-electron chi connectivity index (χ3n) is 8.07. The molecule has 2 heterocycles. The molecule has 1 N–H and O–H groups in total. The average Bonchev–Trinajstić information content (AvgIpc) is 3.43. The van der Waals surface area contributed by atoms with E-state index in [-0.39, 0.29) is 39.5 Å². The predicted molar refractivity (Wildman–Crippen MR) is 189 cm³/mol. The summed E-state index contributed by atoms with van der Waals surface area (Å²) >= 11 is 1.05. The minimum absolute atomic E-state index is 0.125. The van der Waals surface area contributed by atoms with Crippen molar-refractivity contribution < 1.29 is 28.7 Å². The van der Waals surface area contributed by atoms with Gasteiger partial charge in [-0.1, -0.05) is 59.9 Å². The summed E-state index contributed by atoms with van der Waals surface area (Å²) in [6.45, 7) is 1.87. The number of nitrogens with one attached hydrogen (secondary N) is 1. The van der Waals surface area contributed by atoms with Crippen LogP contribution in [0, 0.1) is 10.1 Å². The first-order chi connectivity index (χ1) is 24.2. The van der Waals surface area contributed by atoms with Gasteiger partial charge in [0.05, 0.1) is 53.7 Å². The second-order valence-corrected chi connectivity index (χ2v) is 12.1. The SMILES string of the molecule is COc1ccc([C@H]2C(C(=O)Nc3ccccc3)=C(C)N=c3s/c(=C\c4cc(OC)c(OCc5ccccc5)cc4[N+](=O)[O-])c(=O)n32)c(OC)c1.